The van der Waals surface area contributed by atoms with Gasteiger partial charge in [-0.15, -0.1) is 0 Å². The van der Waals surface area contributed by atoms with Gasteiger partial charge in [-0.05, 0) is 31.1 Å². The van der Waals surface area contributed by atoms with Crippen LogP contribution in [0.25, 0.3) is 0 Å². The topological polar surface area (TPSA) is 23.5 Å². The highest BCUT2D eigenvalue weighted by Crippen LogP contribution is 2.37. The number of aliphatic hydroxyl groups excluding tert-OH is 1. The van der Waals surface area contributed by atoms with Crippen molar-refractivity contribution in [2.75, 3.05) is 13.1 Å². The van der Waals surface area contributed by atoms with Crippen molar-refractivity contribution in [2.24, 2.45) is 5.41 Å². The zero-order chi connectivity index (χ0) is 9.47. The third kappa shape index (κ3) is 2.05. The van der Waals surface area contributed by atoms with Gasteiger partial charge in [0.25, 0.3) is 0 Å². The molecule has 0 aromatic heterocycles. The fourth-order valence-electron chi connectivity index (χ4n) is 2.54. The zero-order valence-electron chi connectivity index (χ0n) is 8.79. The second kappa shape index (κ2) is 3.25. The molecule has 0 amide bonds. The Hall–Kier alpha value is -0.0800. The van der Waals surface area contributed by atoms with Crippen molar-refractivity contribution in [2.45, 2.75) is 51.7 Å². The molecule has 1 aliphatic carbocycles. The van der Waals surface area contributed by atoms with Gasteiger partial charge in [0.2, 0.25) is 0 Å². The smallest absolute Gasteiger partial charge is 0.0794 e. The summed E-state index contributed by atoms with van der Waals surface area (Å²) in [5, 5.41) is 9.21. The van der Waals surface area contributed by atoms with E-state index in [-0.39, 0.29) is 6.10 Å². The molecule has 2 nitrogen and oxygen atoms in total. The van der Waals surface area contributed by atoms with Crippen molar-refractivity contribution in [3.63, 3.8) is 0 Å². The van der Waals surface area contributed by atoms with E-state index in [4.69, 9.17) is 0 Å². The molecule has 0 aromatic rings. The first-order chi connectivity index (χ1) is 6.07. The number of likely N-dealkylation sites (tertiary alicyclic amines) is 1. The van der Waals surface area contributed by atoms with Gasteiger partial charge < -0.3 is 5.11 Å². The Bertz CT molecular complexity index is 175. The van der Waals surface area contributed by atoms with Gasteiger partial charge in [-0.2, -0.15) is 0 Å². The highest BCUT2D eigenvalue weighted by molar-refractivity contribution is 4.89. The molecule has 0 radical (unpaired) electrons. The maximum absolute atomic E-state index is 9.21. The Morgan fingerprint density at radius 2 is 1.69 bits per heavy atom. The van der Waals surface area contributed by atoms with Crippen LogP contribution in [-0.2, 0) is 0 Å². The average molecular weight is 183 g/mol. The Morgan fingerprint density at radius 1 is 1.15 bits per heavy atom. The first-order valence-electron chi connectivity index (χ1n) is 5.49. The van der Waals surface area contributed by atoms with E-state index >= 15 is 0 Å². The number of hydrogen-bond acceptors (Lipinski definition) is 2. The van der Waals surface area contributed by atoms with Crippen LogP contribution in [0.2, 0.25) is 0 Å². The molecule has 0 aromatic carbocycles. The largest absolute Gasteiger partial charge is 0.390 e. The van der Waals surface area contributed by atoms with Crippen LogP contribution in [0.1, 0.15) is 39.5 Å². The molecule has 2 fully saturated rings. The van der Waals surface area contributed by atoms with Crippen LogP contribution in [0.5, 0.6) is 0 Å². The average Bonchev–Trinajstić information content (AvgIpc) is 2.00. The first kappa shape index (κ1) is 9.47. The molecule has 2 rings (SSSR count). The van der Waals surface area contributed by atoms with Gasteiger partial charge in [-0.1, -0.05) is 13.8 Å². The molecule has 1 heterocycles. The molecule has 76 valence electrons. The van der Waals surface area contributed by atoms with Gasteiger partial charge in [0.05, 0.1) is 6.10 Å². The molecular formula is C11H21NO. The molecule has 0 spiro atoms. The fourth-order valence-corrected chi connectivity index (χ4v) is 2.54. The summed E-state index contributed by atoms with van der Waals surface area (Å²) in [6, 6.07) is 0.774. The predicted octanol–water partition coefficient (Wildman–Crippen LogP) is 1.63. The van der Waals surface area contributed by atoms with Crippen molar-refractivity contribution in [3.8, 4) is 0 Å². The molecule has 0 unspecified atom stereocenters. The van der Waals surface area contributed by atoms with Gasteiger partial charge in [-0.25, -0.2) is 0 Å². The highest BCUT2D eigenvalue weighted by atomic mass is 16.3. The van der Waals surface area contributed by atoms with Gasteiger partial charge in [0.15, 0.2) is 0 Å². The van der Waals surface area contributed by atoms with Crippen molar-refractivity contribution >= 4 is 0 Å². The van der Waals surface area contributed by atoms with E-state index in [1.165, 1.54) is 25.7 Å². The lowest BCUT2D eigenvalue weighted by molar-refractivity contribution is -0.0411. The molecule has 0 atom stereocenters. The van der Waals surface area contributed by atoms with Crippen LogP contribution in [0, 0.1) is 5.41 Å². The summed E-state index contributed by atoms with van der Waals surface area (Å²) in [4.78, 5) is 2.44. The van der Waals surface area contributed by atoms with Crippen molar-refractivity contribution in [3.05, 3.63) is 0 Å². The second-order valence-corrected chi connectivity index (χ2v) is 5.50. The van der Waals surface area contributed by atoms with E-state index < -0.39 is 0 Å². The molecule has 13 heavy (non-hydrogen) atoms. The minimum atomic E-state index is -0.0325. The molecule has 1 N–H and O–H groups in total. The minimum absolute atomic E-state index is 0.0325. The molecule has 2 heteroatoms. The van der Waals surface area contributed by atoms with Crippen LogP contribution in [0.4, 0.5) is 0 Å². The monoisotopic (exact) mass is 183 g/mol. The van der Waals surface area contributed by atoms with Crippen LogP contribution < -0.4 is 0 Å². The molecule has 1 aliphatic heterocycles. The van der Waals surface area contributed by atoms with E-state index in [0.29, 0.717) is 5.41 Å². The lowest BCUT2D eigenvalue weighted by atomic mass is 9.75. The van der Waals surface area contributed by atoms with E-state index in [1.54, 1.807) is 0 Å². The second-order valence-electron chi connectivity index (χ2n) is 5.50. The fraction of sp³-hybridized carbons (Fsp3) is 1.00. The Kier molecular flexibility index (Phi) is 2.37. The van der Waals surface area contributed by atoms with Crippen LogP contribution >= 0.6 is 0 Å². The van der Waals surface area contributed by atoms with E-state index in [2.05, 4.69) is 18.7 Å². The summed E-state index contributed by atoms with van der Waals surface area (Å²) >= 11 is 0. The Morgan fingerprint density at radius 3 is 2.15 bits per heavy atom. The Balaban J connectivity index is 1.79. The van der Waals surface area contributed by atoms with E-state index in [1.807, 2.05) is 0 Å². The quantitative estimate of drug-likeness (QED) is 0.668. The van der Waals surface area contributed by atoms with Crippen molar-refractivity contribution in [1.82, 2.24) is 4.90 Å². The molecule has 0 bridgehead atoms. The normalized spacial score (nSPS) is 31.6. The number of hydrogen-bond donors (Lipinski definition) is 1. The van der Waals surface area contributed by atoms with Crippen LogP contribution in [-0.4, -0.2) is 35.2 Å². The van der Waals surface area contributed by atoms with E-state index in [0.717, 1.165) is 19.1 Å². The maximum Gasteiger partial charge on any atom is 0.0794 e. The minimum Gasteiger partial charge on any atom is -0.390 e. The standard InChI is InChI=1S/C11H21NO/c1-11(2)5-3-9(4-6-11)12-7-10(13)8-12/h9-10,13H,3-8H2,1-2H3. The number of β-amino-alcohol motifs (C(OH)–C–C–N with tert-alkyl or cyclic N) is 1. The van der Waals surface area contributed by atoms with Crippen molar-refractivity contribution < 1.29 is 5.11 Å². The van der Waals surface area contributed by atoms with Gasteiger partial charge in [-0.3, -0.25) is 4.90 Å². The maximum atomic E-state index is 9.21. The van der Waals surface area contributed by atoms with E-state index in [9.17, 15) is 5.11 Å². The lowest BCUT2D eigenvalue weighted by Gasteiger charge is -2.46. The summed E-state index contributed by atoms with van der Waals surface area (Å²) in [5.41, 5.74) is 0.569. The number of rotatable bonds is 1. The van der Waals surface area contributed by atoms with Gasteiger partial charge in [0.1, 0.15) is 0 Å². The summed E-state index contributed by atoms with van der Waals surface area (Å²) in [6.07, 6.45) is 5.34. The third-order valence-electron chi connectivity index (χ3n) is 3.72. The summed E-state index contributed by atoms with van der Waals surface area (Å²) in [7, 11) is 0. The predicted molar refractivity (Wildman–Crippen MR) is 53.6 cm³/mol. The first-order valence-corrected chi connectivity index (χ1v) is 5.49. The van der Waals surface area contributed by atoms with Gasteiger partial charge in [0, 0.05) is 19.1 Å². The molecule has 1 saturated heterocycles. The third-order valence-corrected chi connectivity index (χ3v) is 3.72. The highest BCUT2D eigenvalue weighted by Gasteiger charge is 2.35. The SMILES string of the molecule is CC1(C)CCC(N2CC(O)C2)CC1. The Labute approximate surface area is 80.9 Å². The molecule has 1 saturated carbocycles. The number of aliphatic hydroxyl groups is 1. The number of nitrogens with zero attached hydrogens (tertiary/aromatic N) is 1. The van der Waals surface area contributed by atoms with Crippen LogP contribution in [0.3, 0.4) is 0 Å². The van der Waals surface area contributed by atoms with Crippen molar-refractivity contribution in [1.29, 1.82) is 0 Å². The molecular weight excluding hydrogens is 162 g/mol. The summed E-state index contributed by atoms with van der Waals surface area (Å²) in [6.45, 7) is 6.58. The van der Waals surface area contributed by atoms with Crippen LogP contribution in [0.15, 0.2) is 0 Å². The zero-order valence-corrected chi connectivity index (χ0v) is 8.79. The lowest BCUT2D eigenvalue weighted by Crippen LogP contribution is -2.56. The van der Waals surface area contributed by atoms with Gasteiger partial charge >= 0.3 is 0 Å². The summed E-state index contributed by atoms with van der Waals surface area (Å²) < 4.78 is 0. The molecule has 2 aliphatic rings. The summed E-state index contributed by atoms with van der Waals surface area (Å²) in [5.74, 6) is 0.